The van der Waals surface area contributed by atoms with E-state index in [0.29, 0.717) is 25.4 Å². The predicted molar refractivity (Wildman–Crippen MR) is 107 cm³/mol. The van der Waals surface area contributed by atoms with E-state index in [0.717, 1.165) is 12.1 Å². The Morgan fingerprint density at radius 1 is 1.18 bits per heavy atom. The molecule has 3 rings (SSSR count). The summed E-state index contributed by atoms with van der Waals surface area (Å²) in [6, 6.07) is 16.7. The molecule has 1 aromatic rings. The van der Waals surface area contributed by atoms with Crippen LogP contribution in [-0.2, 0) is 6.54 Å². The lowest BCUT2D eigenvalue weighted by Gasteiger charge is -2.48. The molecule has 1 fully saturated rings. The number of hydrogen-bond acceptors (Lipinski definition) is 5. The number of nitrogens with zero attached hydrogens (tertiary/aromatic N) is 4. The monoisotopic (exact) mass is 371 g/mol. The average Bonchev–Trinajstić information content (AvgIpc) is 2.70. The Kier molecular flexibility index (Phi) is 5.64. The fourth-order valence-electron chi connectivity index (χ4n) is 4.70. The molecule has 1 aliphatic carbocycles. The first kappa shape index (κ1) is 19.8. The van der Waals surface area contributed by atoms with E-state index in [-0.39, 0.29) is 17.5 Å². The molecule has 1 N–H and O–H groups in total. The summed E-state index contributed by atoms with van der Waals surface area (Å²) < 4.78 is 0. The highest BCUT2D eigenvalue weighted by atomic mass is 15.1. The maximum absolute atomic E-state index is 9.94. The van der Waals surface area contributed by atoms with Gasteiger partial charge in [-0.1, -0.05) is 50.3 Å². The van der Waals surface area contributed by atoms with Crippen molar-refractivity contribution in [3.8, 4) is 18.2 Å². The van der Waals surface area contributed by atoms with E-state index < -0.39 is 11.3 Å². The molecule has 1 saturated carbocycles. The van der Waals surface area contributed by atoms with E-state index in [4.69, 9.17) is 5.41 Å². The summed E-state index contributed by atoms with van der Waals surface area (Å²) >= 11 is 0. The summed E-state index contributed by atoms with van der Waals surface area (Å²) in [4.78, 5) is 2.31. The van der Waals surface area contributed by atoms with E-state index in [1.54, 1.807) is 0 Å². The Balaban J connectivity index is 2.00. The molecule has 5 nitrogen and oxygen atoms in total. The lowest BCUT2D eigenvalue weighted by atomic mass is 9.54. The zero-order valence-corrected chi connectivity index (χ0v) is 16.4. The molecule has 1 aliphatic heterocycles. The van der Waals surface area contributed by atoms with Crippen LogP contribution in [0.25, 0.3) is 0 Å². The van der Waals surface area contributed by atoms with Gasteiger partial charge in [0.15, 0.2) is 5.41 Å². The summed E-state index contributed by atoms with van der Waals surface area (Å²) in [5.41, 5.74) is 0.586. The lowest BCUT2D eigenvalue weighted by molar-refractivity contribution is 0.145. The van der Waals surface area contributed by atoms with Gasteiger partial charge in [0.05, 0.1) is 23.9 Å². The van der Waals surface area contributed by atoms with E-state index >= 15 is 0 Å². The van der Waals surface area contributed by atoms with Crippen LogP contribution in [0.5, 0.6) is 0 Å². The highest BCUT2D eigenvalue weighted by molar-refractivity contribution is 6.00. The van der Waals surface area contributed by atoms with Crippen LogP contribution in [0.3, 0.4) is 0 Å². The predicted octanol–water partition coefficient (Wildman–Crippen LogP) is 3.91. The molecule has 0 spiro atoms. The molecule has 2 aliphatic rings. The van der Waals surface area contributed by atoms with Crippen LogP contribution < -0.4 is 0 Å². The highest BCUT2D eigenvalue weighted by Crippen LogP contribution is 2.50. The van der Waals surface area contributed by atoms with Crippen LogP contribution in [0.4, 0.5) is 0 Å². The van der Waals surface area contributed by atoms with E-state index in [1.165, 1.54) is 5.56 Å². The maximum Gasteiger partial charge on any atom is 0.185 e. The molecule has 0 aromatic heterocycles. The topological polar surface area (TPSA) is 98.5 Å². The SMILES string of the molecule is CC(C)C[C@H]1[C@@H]2CN(Cc3ccccc3)CC=C2[C@@H](C#N)C(=N)C1(C#N)C#N. The normalized spacial score (nSPS) is 26.5. The molecule has 0 amide bonds. The smallest absolute Gasteiger partial charge is 0.185 e. The fraction of sp³-hybridized carbons (Fsp3) is 0.478. The van der Waals surface area contributed by atoms with Gasteiger partial charge in [0.2, 0.25) is 0 Å². The van der Waals surface area contributed by atoms with Gasteiger partial charge >= 0.3 is 0 Å². The number of benzene rings is 1. The van der Waals surface area contributed by atoms with Crippen molar-refractivity contribution in [2.24, 2.45) is 29.1 Å². The third-order valence-electron chi connectivity index (χ3n) is 6.01. The molecule has 142 valence electrons. The van der Waals surface area contributed by atoms with Crippen molar-refractivity contribution in [2.45, 2.75) is 26.8 Å². The van der Waals surface area contributed by atoms with Crippen molar-refractivity contribution in [3.05, 3.63) is 47.5 Å². The van der Waals surface area contributed by atoms with Gasteiger partial charge in [0.25, 0.3) is 0 Å². The van der Waals surface area contributed by atoms with Crippen molar-refractivity contribution in [1.29, 1.82) is 21.2 Å². The summed E-state index contributed by atoms with van der Waals surface area (Å²) in [5, 5.41) is 38.2. The molecule has 1 heterocycles. The highest BCUT2D eigenvalue weighted by Gasteiger charge is 2.56. The van der Waals surface area contributed by atoms with Crippen LogP contribution >= 0.6 is 0 Å². The van der Waals surface area contributed by atoms with Crippen LogP contribution in [0.2, 0.25) is 0 Å². The van der Waals surface area contributed by atoms with Crippen LogP contribution in [-0.4, -0.2) is 23.7 Å². The summed E-state index contributed by atoms with van der Waals surface area (Å²) in [5.74, 6) is -0.808. The van der Waals surface area contributed by atoms with E-state index in [2.05, 4.69) is 55.2 Å². The molecule has 0 unspecified atom stereocenters. The number of nitrogens with one attached hydrogen (secondary N) is 1. The van der Waals surface area contributed by atoms with Crippen molar-refractivity contribution < 1.29 is 0 Å². The molecule has 0 saturated heterocycles. The van der Waals surface area contributed by atoms with Crippen molar-refractivity contribution in [3.63, 3.8) is 0 Å². The first-order chi connectivity index (χ1) is 13.5. The van der Waals surface area contributed by atoms with Gasteiger partial charge in [-0.05, 0) is 23.5 Å². The second kappa shape index (κ2) is 7.97. The summed E-state index contributed by atoms with van der Waals surface area (Å²) in [6.45, 7) is 6.36. The van der Waals surface area contributed by atoms with Crippen LogP contribution in [0.1, 0.15) is 25.8 Å². The number of nitriles is 3. The summed E-state index contributed by atoms with van der Waals surface area (Å²) in [7, 11) is 0. The first-order valence-electron chi connectivity index (χ1n) is 9.74. The second-order valence-corrected chi connectivity index (χ2v) is 8.23. The zero-order chi connectivity index (χ0) is 20.3. The Labute approximate surface area is 167 Å². The second-order valence-electron chi connectivity index (χ2n) is 8.23. The van der Waals surface area contributed by atoms with Gasteiger partial charge in [-0.25, -0.2) is 0 Å². The molecule has 5 heteroatoms. The minimum atomic E-state index is -1.53. The van der Waals surface area contributed by atoms with Crippen molar-refractivity contribution in [1.82, 2.24) is 4.90 Å². The fourth-order valence-corrected chi connectivity index (χ4v) is 4.70. The Bertz CT molecular complexity index is 880. The van der Waals surface area contributed by atoms with Gasteiger partial charge in [0, 0.05) is 31.5 Å². The molecule has 0 bridgehead atoms. The van der Waals surface area contributed by atoms with Crippen molar-refractivity contribution >= 4 is 5.71 Å². The molecule has 0 radical (unpaired) electrons. The van der Waals surface area contributed by atoms with Gasteiger partial charge in [-0.15, -0.1) is 0 Å². The molecular formula is C23H25N5. The Morgan fingerprint density at radius 3 is 2.43 bits per heavy atom. The van der Waals surface area contributed by atoms with Gasteiger partial charge in [-0.3, -0.25) is 4.90 Å². The minimum absolute atomic E-state index is 0.0374. The van der Waals surface area contributed by atoms with Crippen LogP contribution in [0, 0.1) is 68.5 Å². The molecule has 3 atom stereocenters. The largest absolute Gasteiger partial charge is 0.305 e. The number of fused-ring (bicyclic) bond motifs is 1. The zero-order valence-electron chi connectivity index (χ0n) is 16.4. The first-order valence-corrected chi connectivity index (χ1v) is 9.74. The molecule has 1 aromatic carbocycles. The molecular weight excluding hydrogens is 346 g/mol. The molecule has 28 heavy (non-hydrogen) atoms. The van der Waals surface area contributed by atoms with E-state index in [1.807, 2.05) is 18.2 Å². The Hall–Kier alpha value is -2.94. The number of rotatable bonds is 4. The van der Waals surface area contributed by atoms with Gasteiger partial charge in [0.1, 0.15) is 5.92 Å². The quantitative estimate of drug-likeness (QED) is 0.811. The van der Waals surface area contributed by atoms with Crippen LogP contribution in [0.15, 0.2) is 42.0 Å². The standard InChI is InChI=1S/C23H25N5/c1-16(2)10-21-20-13-28(12-17-6-4-3-5-7-17)9-8-18(20)19(11-24)22(27)23(21,14-25)15-26/h3-8,16,19-21,27H,9-10,12-13H2,1-2H3/t19-,20-,21+/m1/s1. The average molecular weight is 371 g/mol. The minimum Gasteiger partial charge on any atom is -0.305 e. The van der Waals surface area contributed by atoms with Gasteiger partial charge < -0.3 is 5.41 Å². The van der Waals surface area contributed by atoms with E-state index in [9.17, 15) is 15.8 Å². The maximum atomic E-state index is 9.94. The van der Waals surface area contributed by atoms with Crippen molar-refractivity contribution in [2.75, 3.05) is 13.1 Å². The Morgan fingerprint density at radius 2 is 1.86 bits per heavy atom. The number of hydrogen-bond donors (Lipinski definition) is 1. The van der Waals surface area contributed by atoms with Gasteiger partial charge in [-0.2, -0.15) is 15.8 Å². The summed E-state index contributed by atoms with van der Waals surface area (Å²) in [6.07, 6.45) is 2.74. The third-order valence-corrected chi connectivity index (χ3v) is 6.01. The third kappa shape index (κ3) is 3.33. The lowest BCUT2D eigenvalue weighted by Crippen LogP contribution is -2.54.